The van der Waals surface area contributed by atoms with E-state index in [1.807, 2.05) is 21.8 Å². The molecule has 3 aromatic rings. The van der Waals surface area contributed by atoms with Crippen molar-refractivity contribution in [1.82, 2.24) is 49.9 Å². The minimum absolute atomic E-state index is 0.113. The minimum Gasteiger partial charge on any atom is -0.550 e. The number of rotatable bonds is 9. The van der Waals surface area contributed by atoms with E-state index in [2.05, 4.69) is 77.4 Å². The number of nitrogens with zero attached hydrogens (tertiary/aromatic N) is 10. The smallest absolute Gasteiger partial charge is 0.0967 e. The molecule has 0 saturated carbocycles. The Kier molecular flexibility index (Phi) is 6.72. The molecule has 174 valence electrons. The third-order valence-electron chi connectivity index (χ3n) is 4.74. The first-order chi connectivity index (χ1) is 14.9. The van der Waals surface area contributed by atoms with E-state index in [0.717, 1.165) is 17.1 Å². The number of hydrogen-bond acceptors (Lipinski definition) is 9. The molecule has 0 unspecified atom stereocenters. The Morgan fingerprint density at radius 2 is 1.25 bits per heavy atom. The van der Waals surface area contributed by atoms with Gasteiger partial charge in [0.25, 0.3) is 0 Å². The van der Waals surface area contributed by atoms with E-state index in [-0.39, 0.29) is 24.0 Å². The number of carbonyl (C=O) groups is 1. The van der Waals surface area contributed by atoms with Crippen LogP contribution in [0.25, 0.3) is 0 Å². The molecule has 12 heteroatoms. The third kappa shape index (κ3) is 6.42. The Labute approximate surface area is 187 Å². The Hall–Kier alpha value is -3.15. The molecule has 0 saturated heterocycles. The largest absolute Gasteiger partial charge is 0.550 e. The fourth-order valence-electron chi connectivity index (χ4n) is 2.98. The first kappa shape index (κ1) is 23.5. The number of carboxylic acid groups (broad SMARTS) is 1. The highest BCUT2D eigenvalue weighted by molar-refractivity contribution is 5.63. The second-order valence-corrected chi connectivity index (χ2v) is 9.89. The summed E-state index contributed by atoms with van der Waals surface area (Å²) in [5.41, 5.74) is 2.05. The van der Waals surface area contributed by atoms with Gasteiger partial charge in [-0.25, -0.2) is 9.36 Å². The normalized spacial score (nSPS) is 12.6. The van der Waals surface area contributed by atoms with E-state index < -0.39 is 5.97 Å². The van der Waals surface area contributed by atoms with Crippen LogP contribution in [0.15, 0.2) is 18.6 Å². The molecule has 0 aliphatic carbocycles. The van der Waals surface area contributed by atoms with E-state index in [1.165, 1.54) is 4.68 Å². The van der Waals surface area contributed by atoms with Gasteiger partial charge in [-0.2, -0.15) is 0 Å². The van der Waals surface area contributed by atoms with Crippen LogP contribution < -0.4 is 5.11 Å². The van der Waals surface area contributed by atoms with Crippen molar-refractivity contribution in [3.63, 3.8) is 0 Å². The van der Waals surface area contributed by atoms with Crippen LogP contribution in [0.3, 0.4) is 0 Å². The van der Waals surface area contributed by atoms with E-state index in [9.17, 15) is 9.90 Å². The second-order valence-electron chi connectivity index (χ2n) is 9.89. The quantitative estimate of drug-likeness (QED) is 0.458. The molecule has 12 nitrogen and oxygen atoms in total. The van der Waals surface area contributed by atoms with Crippen molar-refractivity contribution in [2.45, 2.75) is 85.2 Å². The lowest BCUT2D eigenvalue weighted by Gasteiger charge is -2.20. The fourth-order valence-corrected chi connectivity index (χ4v) is 2.98. The standard InChI is InChI=1S/C20H32N10O2/c1-19(2,3)29-13-16(22-25-29)10-27(11-17-14-30(26-23-17)20(4,5)6)9-15-12-28(24-21-15)8-7-18(31)32/h12-14H,7-11H2,1-6H3,(H,31,32)/p-1. The van der Waals surface area contributed by atoms with Crippen molar-refractivity contribution in [3.8, 4) is 0 Å². The van der Waals surface area contributed by atoms with E-state index in [1.54, 1.807) is 6.20 Å². The van der Waals surface area contributed by atoms with Crippen molar-refractivity contribution in [2.24, 2.45) is 0 Å². The zero-order chi connectivity index (χ0) is 23.5. The number of aryl methyl sites for hydroxylation is 1. The molecule has 0 aromatic carbocycles. The molecule has 0 N–H and O–H groups in total. The van der Waals surface area contributed by atoms with Gasteiger partial charge in [0.05, 0.1) is 40.6 Å². The van der Waals surface area contributed by atoms with Gasteiger partial charge in [-0.05, 0) is 41.5 Å². The topological polar surface area (TPSA) is 136 Å². The van der Waals surface area contributed by atoms with Gasteiger partial charge in [0, 0.05) is 44.8 Å². The molecule has 0 atom stereocenters. The van der Waals surface area contributed by atoms with Gasteiger partial charge in [0.15, 0.2) is 0 Å². The fraction of sp³-hybridized carbons (Fsp3) is 0.650. The van der Waals surface area contributed by atoms with Crippen LogP contribution in [-0.2, 0) is 42.1 Å². The summed E-state index contributed by atoms with van der Waals surface area (Å²) in [6.07, 6.45) is 5.51. The number of aromatic nitrogens is 9. The van der Waals surface area contributed by atoms with Crippen LogP contribution >= 0.6 is 0 Å². The number of aliphatic carboxylic acids is 1. The summed E-state index contributed by atoms with van der Waals surface area (Å²) in [6.45, 7) is 14.2. The maximum Gasteiger partial charge on any atom is 0.0967 e. The maximum atomic E-state index is 10.7. The van der Waals surface area contributed by atoms with E-state index >= 15 is 0 Å². The maximum absolute atomic E-state index is 10.7. The van der Waals surface area contributed by atoms with Crippen molar-refractivity contribution < 1.29 is 9.90 Å². The molecule has 3 heterocycles. The van der Waals surface area contributed by atoms with Crippen LogP contribution in [0.5, 0.6) is 0 Å². The summed E-state index contributed by atoms with van der Waals surface area (Å²) in [6, 6.07) is 0. The van der Waals surface area contributed by atoms with Gasteiger partial charge in [-0.15, -0.1) is 15.3 Å². The molecule has 0 spiro atoms. The van der Waals surface area contributed by atoms with Gasteiger partial charge in [0.1, 0.15) is 0 Å². The van der Waals surface area contributed by atoms with Crippen LogP contribution in [0.2, 0.25) is 0 Å². The number of hydrogen-bond donors (Lipinski definition) is 0. The zero-order valence-electron chi connectivity index (χ0n) is 19.6. The SMILES string of the molecule is CC(C)(C)n1cc(CN(Cc2cn(CCC(=O)[O-])nn2)Cc2cn(C(C)(C)C)nn2)nn1. The van der Waals surface area contributed by atoms with Crippen LogP contribution in [0.4, 0.5) is 0 Å². The number of carbonyl (C=O) groups excluding carboxylic acids is 1. The van der Waals surface area contributed by atoms with Gasteiger partial charge in [-0.3, -0.25) is 9.58 Å². The Morgan fingerprint density at radius 3 is 1.66 bits per heavy atom. The van der Waals surface area contributed by atoms with Crippen molar-refractivity contribution in [3.05, 3.63) is 35.7 Å². The van der Waals surface area contributed by atoms with Gasteiger partial charge in [-0.1, -0.05) is 15.6 Å². The first-order valence-electron chi connectivity index (χ1n) is 10.5. The first-order valence-corrected chi connectivity index (χ1v) is 10.5. The van der Waals surface area contributed by atoms with Crippen molar-refractivity contribution in [1.29, 1.82) is 0 Å². The molecule has 3 aromatic heterocycles. The molecule has 32 heavy (non-hydrogen) atoms. The minimum atomic E-state index is -1.12. The molecule has 0 amide bonds. The Bertz CT molecular complexity index is 983. The van der Waals surface area contributed by atoms with Gasteiger partial charge < -0.3 is 9.90 Å². The summed E-state index contributed by atoms with van der Waals surface area (Å²) in [4.78, 5) is 12.8. The Morgan fingerprint density at radius 1 is 0.812 bits per heavy atom. The van der Waals surface area contributed by atoms with E-state index in [0.29, 0.717) is 19.6 Å². The third-order valence-corrected chi connectivity index (χ3v) is 4.74. The molecule has 3 rings (SSSR count). The van der Waals surface area contributed by atoms with Gasteiger partial charge >= 0.3 is 0 Å². The lowest BCUT2D eigenvalue weighted by Crippen LogP contribution is -2.24. The lowest BCUT2D eigenvalue weighted by molar-refractivity contribution is -0.306. The highest BCUT2D eigenvalue weighted by Gasteiger charge is 2.20. The molecular weight excluding hydrogens is 412 g/mol. The summed E-state index contributed by atoms with van der Waals surface area (Å²) in [5.74, 6) is -1.12. The summed E-state index contributed by atoms with van der Waals surface area (Å²) in [5, 5.41) is 36.0. The molecule has 0 bridgehead atoms. The highest BCUT2D eigenvalue weighted by Crippen LogP contribution is 2.16. The predicted octanol–water partition coefficient (Wildman–Crippen LogP) is 0.314. The average molecular weight is 444 g/mol. The molecule has 0 aliphatic heterocycles. The Balaban J connectivity index is 1.76. The molecule has 0 radical (unpaired) electrons. The average Bonchev–Trinajstić information content (AvgIpc) is 3.39. The second kappa shape index (κ2) is 9.15. The van der Waals surface area contributed by atoms with Gasteiger partial charge in [0.2, 0.25) is 0 Å². The predicted molar refractivity (Wildman–Crippen MR) is 113 cm³/mol. The summed E-state index contributed by atoms with van der Waals surface area (Å²) < 4.78 is 5.19. The molecule has 0 aliphatic rings. The van der Waals surface area contributed by atoms with Crippen LogP contribution in [0, 0.1) is 0 Å². The zero-order valence-corrected chi connectivity index (χ0v) is 19.6. The summed E-state index contributed by atoms with van der Waals surface area (Å²) in [7, 11) is 0. The summed E-state index contributed by atoms with van der Waals surface area (Å²) >= 11 is 0. The van der Waals surface area contributed by atoms with Crippen LogP contribution in [0.1, 0.15) is 65.0 Å². The molecule has 0 fully saturated rings. The number of carboxylic acids is 1. The van der Waals surface area contributed by atoms with Crippen LogP contribution in [-0.4, -0.2) is 55.9 Å². The van der Waals surface area contributed by atoms with Crippen molar-refractivity contribution in [2.75, 3.05) is 0 Å². The highest BCUT2D eigenvalue weighted by atomic mass is 16.4. The monoisotopic (exact) mass is 443 g/mol. The molecular formula is C20H31N10O2-. The van der Waals surface area contributed by atoms with E-state index in [4.69, 9.17) is 0 Å². The van der Waals surface area contributed by atoms with Crippen molar-refractivity contribution >= 4 is 5.97 Å². The lowest BCUT2D eigenvalue weighted by atomic mass is 10.1.